The third-order valence-electron chi connectivity index (χ3n) is 5.02. The second-order valence-electron chi connectivity index (χ2n) is 6.69. The molecule has 2 aliphatic heterocycles. The summed E-state index contributed by atoms with van der Waals surface area (Å²) in [6.07, 6.45) is 9.25. The van der Waals surface area contributed by atoms with Gasteiger partial charge in [-0.2, -0.15) is 0 Å². The van der Waals surface area contributed by atoms with Crippen LogP contribution in [0.5, 0.6) is 0 Å². The molecular formula is C14H24O2. The minimum atomic E-state index is 0.418. The molecule has 4 atom stereocenters. The molecule has 0 aromatic rings. The summed E-state index contributed by atoms with van der Waals surface area (Å²) in [5.74, 6) is 0. The first-order chi connectivity index (χ1) is 7.62. The van der Waals surface area contributed by atoms with Gasteiger partial charge in [-0.15, -0.1) is 0 Å². The first-order valence-corrected chi connectivity index (χ1v) is 6.86. The van der Waals surface area contributed by atoms with E-state index in [2.05, 4.69) is 13.8 Å². The highest BCUT2D eigenvalue weighted by Gasteiger charge is 2.52. The van der Waals surface area contributed by atoms with Crippen molar-refractivity contribution in [1.82, 2.24) is 0 Å². The van der Waals surface area contributed by atoms with E-state index < -0.39 is 0 Å². The Kier molecular flexibility index (Phi) is 2.56. The fourth-order valence-corrected chi connectivity index (χ4v) is 3.78. The van der Waals surface area contributed by atoms with E-state index in [0.29, 0.717) is 23.0 Å². The Morgan fingerprint density at radius 3 is 1.62 bits per heavy atom. The Balaban J connectivity index is 1.77. The van der Waals surface area contributed by atoms with Gasteiger partial charge >= 0.3 is 0 Å². The van der Waals surface area contributed by atoms with Crippen molar-refractivity contribution >= 4 is 0 Å². The molecule has 0 N–H and O–H groups in total. The fraction of sp³-hybridized carbons (Fsp3) is 1.00. The average molecular weight is 224 g/mol. The van der Waals surface area contributed by atoms with Crippen LogP contribution in [0.1, 0.15) is 52.4 Å². The van der Waals surface area contributed by atoms with E-state index in [9.17, 15) is 0 Å². The van der Waals surface area contributed by atoms with E-state index in [4.69, 9.17) is 9.47 Å². The number of hydrogen-bond donors (Lipinski definition) is 0. The summed E-state index contributed by atoms with van der Waals surface area (Å²) in [4.78, 5) is 0. The lowest BCUT2D eigenvalue weighted by atomic mass is 9.64. The maximum Gasteiger partial charge on any atom is 0.0863 e. The molecule has 0 aromatic carbocycles. The molecule has 1 aliphatic carbocycles. The van der Waals surface area contributed by atoms with Crippen molar-refractivity contribution in [2.45, 2.75) is 64.6 Å². The molecule has 2 heterocycles. The van der Waals surface area contributed by atoms with Crippen molar-refractivity contribution in [3.63, 3.8) is 0 Å². The van der Waals surface area contributed by atoms with Crippen LogP contribution in [0.15, 0.2) is 0 Å². The maximum absolute atomic E-state index is 5.60. The smallest absolute Gasteiger partial charge is 0.0863 e. The van der Waals surface area contributed by atoms with Gasteiger partial charge in [0.2, 0.25) is 0 Å². The molecule has 2 saturated heterocycles. The van der Waals surface area contributed by atoms with Crippen LogP contribution in [-0.4, -0.2) is 25.4 Å². The van der Waals surface area contributed by atoms with Crippen LogP contribution >= 0.6 is 0 Å². The van der Waals surface area contributed by atoms with E-state index in [1.165, 1.54) is 38.5 Å². The van der Waals surface area contributed by atoms with Gasteiger partial charge in [-0.1, -0.05) is 33.1 Å². The molecule has 3 fully saturated rings. The molecule has 0 radical (unpaired) electrons. The van der Waals surface area contributed by atoms with Gasteiger partial charge in [0.05, 0.1) is 25.4 Å². The zero-order valence-corrected chi connectivity index (χ0v) is 10.6. The molecule has 0 aromatic heterocycles. The Morgan fingerprint density at radius 2 is 1.25 bits per heavy atom. The van der Waals surface area contributed by atoms with E-state index in [1.807, 2.05) is 0 Å². The lowest BCUT2D eigenvalue weighted by Crippen LogP contribution is -2.36. The molecule has 0 bridgehead atoms. The fourth-order valence-electron chi connectivity index (χ4n) is 3.78. The summed E-state index contributed by atoms with van der Waals surface area (Å²) in [5, 5.41) is 0. The lowest BCUT2D eigenvalue weighted by molar-refractivity contribution is 0.0643. The standard InChI is InChI=1S/C14H24O2/c1-13(11-8-15-11)6-4-3-5-7-14(2,10-13)12-9-16-12/h11-12H,3-10H2,1-2H3. The third-order valence-corrected chi connectivity index (χ3v) is 5.02. The predicted octanol–water partition coefficient (Wildman–Crippen LogP) is 3.15. The van der Waals surface area contributed by atoms with Crippen molar-refractivity contribution in [2.24, 2.45) is 10.8 Å². The van der Waals surface area contributed by atoms with Crippen LogP contribution in [0.2, 0.25) is 0 Å². The van der Waals surface area contributed by atoms with E-state index in [0.717, 1.165) is 13.2 Å². The highest BCUT2D eigenvalue weighted by atomic mass is 16.6. The molecule has 2 heteroatoms. The lowest BCUT2D eigenvalue weighted by Gasteiger charge is -2.40. The number of ether oxygens (including phenoxy) is 2. The van der Waals surface area contributed by atoms with Gasteiger partial charge in [-0.25, -0.2) is 0 Å². The van der Waals surface area contributed by atoms with Crippen molar-refractivity contribution in [1.29, 1.82) is 0 Å². The number of hydrogen-bond acceptors (Lipinski definition) is 2. The molecule has 4 unspecified atom stereocenters. The summed E-state index contributed by atoms with van der Waals surface area (Å²) < 4.78 is 11.2. The molecule has 92 valence electrons. The number of epoxide rings is 2. The topological polar surface area (TPSA) is 25.1 Å². The predicted molar refractivity (Wildman–Crippen MR) is 63.4 cm³/mol. The van der Waals surface area contributed by atoms with Gasteiger partial charge in [0.25, 0.3) is 0 Å². The summed E-state index contributed by atoms with van der Waals surface area (Å²) >= 11 is 0. The van der Waals surface area contributed by atoms with Crippen LogP contribution in [0.25, 0.3) is 0 Å². The summed E-state index contributed by atoms with van der Waals surface area (Å²) in [7, 11) is 0. The number of rotatable bonds is 2. The van der Waals surface area contributed by atoms with E-state index in [1.54, 1.807) is 0 Å². The zero-order valence-electron chi connectivity index (χ0n) is 10.6. The van der Waals surface area contributed by atoms with Gasteiger partial charge in [0, 0.05) is 0 Å². The molecule has 2 nitrogen and oxygen atoms in total. The summed E-state index contributed by atoms with van der Waals surface area (Å²) in [6, 6.07) is 0. The summed E-state index contributed by atoms with van der Waals surface area (Å²) in [6.45, 7) is 6.88. The van der Waals surface area contributed by atoms with Crippen molar-refractivity contribution in [3.05, 3.63) is 0 Å². The molecule has 16 heavy (non-hydrogen) atoms. The maximum atomic E-state index is 5.60. The molecular weight excluding hydrogens is 200 g/mol. The Bertz CT molecular complexity index is 244. The van der Waals surface area contributed by atoms with Crippen molar-refractivity contribution < 1.29 is 9.47 Å². The van der Waals surface area contributed by atoms with Crippen molar-refractivity contribution in [3.8, 4) is 0 Å². The van der Waals surface area contributed by atoms with Gasteiger partial charge in [-0.3, -0.25) is 0 Å². The van der Waals surface area contributed by atoms with Crippen LogP contribution in [0, 0.1) is 10.8 Å². The quantitative estimate of drug-likeness (QED) is 0.673. The van der Waals surface area contributed by atoms with Gasteiger partial charge in [0.1, 0.15) is 0 Å². The molecule has 0 spiro atoms. The highest BCUT2D eigenvalue weighted by molar-refractivity contribution is 5.00. The Morgan fingerprint density at radius 1 is 0.812 bits per heavy atom. The molecule has 3 aliphatic rings. The summed E-state index contributed by atoms with van der Waals surface area (Å²) in [5.41, 5.74) is 0.836. The van der Waals surface area contributed by atoms with Gasteiger partial charge in [-0.05, 0) is 30.1 Å². The molecule has 1 saturated carbocycles. The second kappa shape index (κ2) is 3.71. The van der Waals surface area contributed by atoms with Gasteiger partial charge in [0.15, 0.2) is 0 Å². The van der Waals surface area contributed by atoms with E-state index in [-0.39, 0.29) is 0 Å². The third kappa shape index (κ3) is 2.02. The van der Waals surface area contributed by atoms with E-state index >= 15 is 0 Å². The first kappa shape index (κ1) is 11.0. The van der Waals surface area contributed by atoms with Crippen LogP contribution in [-0.2, 0) is 9.47 Å². The van der Waals surface area contributed by atoms with Crippen LogP contribution in [0.4, 0.5) is 0 Å². The zero-order chi connectivity index (χ0) is 11.2. The minimum absolute atomic E-state index is 0.418. The highest BCUT2D eigenvalue weighted by Crippen LogP contribution is 2.52. The minimum Gasteiger partial charge on any atom is -0.373 e. The largest absolute Gasteiger partial charge is 0.373 e. The first-order valence-electron chi connectivity index (χ1n) is 6.86. The van der Waals surface area contributed by atoms with Crippen LogP contribution in [0.3, 0.4) is 0 Å². The molecule has 0 amide bonds. The second-order valence-corrected chi connectivity index (χ2v) is 6.69. The van der Waals surface area contributed by atoms with Gasteiger partial charge < -0.3 is 9.47 Å². The van der Waals surface area contributed by atoms with Crippen molar-refractivity contribution in [2.75, 3.05) is 13.2 Å². The Hall–Kier alpha value is -0.0800. The average Bonchev–Trinajstić information content (AvgIpc) is 3.02. The SMILES string of the molecule is CC1(C2CO2)CCCCCC(C)(C2CO2)C1. The molecule has 3 rings (SSSR count). The van der Waals surface area contributed by atoms with Crippen LogP contribution < -0.4 is 0 Å². The Labute approximate surface area is 98.7 Å². The normalized spacial score (nSPS) is 52.9. The monoisotopic (exact) mass is 224 g/mol.